The van der Waals surface area contributed by atoms with Crippen molar-refractivity contribution < 1.29 is 27.2 Å². The first-order valence-corrected chi connectivity index (χ1v) is 10.8. The molecule has 152 valence electrons. The first-order valence-electron chi connectivity index (χ1n) is 8.52. The van der Waals surface area contributed by atoms with Crippen molar-refractivity contribution in [1.29, 1.82) is 0 Å². The Morgan fingerprint density at radius 1 is 1.18 bits per heavy atom. The smallest absolute Gasteiger partial charge is 0.374 e. The van der Waals surface area contributed by atoms with Gasteiger partial charge in [-0.05, 0) is 52.7 Å². The van der Waals surface area contributed by atoms with E-state index in [0.717, 1.165) is 0 Å². The summed E-state index contributed by atoms with van der Waals surface area (Å²) in [6, 6.07) is 7.53. The zero-order valence-electron chi connectivity index (χ0n) is 15.7. The zero-order valence-corrected chi connectivity index (χ0v) is 18.1. The molecule has 0 radical (unpaired) electrons. The summed E-state index contributed by atoms with van der Waals surface area (Å²) in [5, 5.41) is 2.53. The van der Waals surface area contributed by atoms with Gasteiger partial charge < -0.3 is 14.5 Å². The number of carbonyl (C=O) groups excluding carboxylic acids is 2. The second kappa shape index (κ2) is 9.35. The second-order valence-electron chi connectivity index (χ2n) is 5.80. The quantitative estimate of drug-likeness (QED) is 0.591. The Hall–Kier alpha value is -2.17. The number of benzene rings is 1. The van der Waals surface area contributed by atoms with Crippen LogP contribution in [0.25, 0.3) is 0 Å². The predicted octanol–water partition coefficient (Wildman–Crippen LogP) is 3.18. The summed E-state index contributed by atoms with van der Waals surface area (Å²) in [6.45, 7) is 5.34. The molecule has 10 heteroatoms. The molecule has 0 aliphatic rings. The summed E-state index contributed by atoms with van der Waals surface area (Å²) in [5.41, 5.74) is 0.859. The number of sulfonamides is 1. The molecular formula is C18H21BrN2O6S. The monoisotopic (exact) mass is 472 g/mol. The van der Waals surface area contributed by atoms with E-state index < -0.39 is 28.5 Å². The Labute approximate surface area is 172 Å². The highest BCUT2D eigenvalue weighted by molar-refractivity contribution is 9.10. The number of rotatable bonds is 8. The molecule has 1 aromatic heterocycles. The van der Waals surface area contributed by atoms with Gasteiger partial charge in [0.2, 0.25) is 15.8 Å². The fourth-order valence-electron chi connectivity index (χ4n) is 2.48. The summed E-state index contributed by atoms with van der Waals surface area (Å²) in [5.74, 6) is -1.42. The van der Waals surface area contributed by atoms with Gasteiger partial charge in [0.1, 0.15) is 0 Å². The third-order valence-electron chi connectivity index (χ3n) is 3.90. The maximum absolute atomic E-state index is 12.8. The topological polar surface area (TPSA) is 106 Å². The van der Waals surface area contributed by atoms with Gasteiger partial charge in [-0.3, -0.25) is 4.79 Å². The van der Waals surface area contributed by atoms with Crippen molar-refractivity contribution in [1.82, 2.24) is 4.31 Å². The van der Waals surface area contributed by atoms with Crippen molar-refractivity contribution in [3.8, 4) is 0 Å². The van der Waals surface area contributed by atoms with E-state index in [1.807, 2.05) is 0 Å². The number of furan rings is 1. The van der Waals surface area contributed by atoms with E-state index >= 15 is 0 Å². The second-order valence-corrected chi connectivity index (χ2v) is 8.49. The number of nitrogens with one attached hydrogen (secondary N) is 1. The van der Waals surface area contributed by atoms with E-state index in [2.05, 4.69) is 21.2 Å². The first-order chi connectivity index (χ1) is 13.2. The van der Waals surface area contributed by atoms with Crippen molar-refractivity contribution in [2.75, 3.05) is 25.0 Å². The van der Waals surface area contributed by atoms with Crippen LogP contribution >= 0.6 is 15.9 Å². The minimum Gasteiger partial charge on any atom is -0.450 e. The van der Waals surface area contributed by atoms with Crippen LogP contribution in [0.5, 0.6) is 0 Å². The van der Waals surface area contributed by atoms with Crippen molar-refractivity contribution in [2.45, 2.75) is 25.7 Å². The number of halogens is 1. The minimum absolute atomic E-state index is 0.0392. The van der Waals surface area contributed by atoms with E-state index in [4.69, 9.17) is 9.15 Å². The number of hydrogen-bond donors (Lipinski definition) is 1. The first kappa shape index (κ1) is 22.1. The number of aryl methyl sites for hydroxylation is 1. The SMILES string of the molecule is CCN(CC)S(=O)(=O)c1cc(NC(=O)COC(=O)c2ccc(Br)o2)ccc1C. The van der Waals surface area contributed by atoms with Gasteiger partial charge in [0.05, 0.1) is 4.90 Å². The number of esters is 1. The maximum atomic E-state index is 12.8. The Kier molecular flexibility index (Phi) is 7.39. The molecule has 0 atom stereocenters. The van der Waals surface area contributed by atoms with E-state index in [-0.39, 0.29) is 16.3 Å². The van der Waals surface area contributed by atoms with Crippen LogP contribution in [0.3, 0.4) is 0 Å². The van der Waals surface area contributed by atoms with Gasteiger partial charge in [0, 0.05) is 18.8 Å². The Morgan fingerprint density at radius 3 is 2.43 bits per heavy atom. The Bertz CT molecular complexity index is 966. The van der Waals surface area contributed by atoms with Gasteiger partial charge in [-0.1, -0.05) is 19.9 Å². The van der Waals surface area contributed by atoms with E-state index in [0.29, 0.717) is 23.3 Å². The molecule has 1 N–H and O–H groups in total. The lowest BCUT2D eigenvalue weighted by Crippen LogP contribution is -2.31. The molecule has 8 nitrogen and oxygen atoms in total. The molecule has 2 aromatic rings. The zero-order chi connectivity index (χ0) is 20.9. The largest absolute Gasteiger partial charge is 0.450 e. The molecule has 0 saturated carbocycles. The molecule has 0 aliphatic carbocycles. The molecule has 0 fully saturated rings. The average molecular weight is 473 g/mol. The highest BCUT2D eigenvalue weighted by Crippen LogP contribution is 2.23. The summed E-state index contributed by atoms with van der Waals surface area (Å²) in [6.07, 6.45) is 0. The highest BCUT2D eigenvalue weighted by atomic mass is 79.9. The number of ether oxygens (including phenoxy) is 1. The van der Waals surface area contributed by atoms with E-state index in [9.17, 15) is 18.0 Å². The molecule has 28 heavy (non-hydrogen) atoms. The van der Waals surface area contributed by atoms with Crippen molar-refractivity contribution in [3.63, 3.8) is 0 Å². The molecule has 1 aromatic carbocycles. The number of hydrogen-bond acceptors (Lipinski definition) is 6. The number of nitrogens with zero attached hydrogens (tertiary/aromatic N) is 1. The molecule has 0 bridgehead atoms. The van der Waals surface area contributed by atoms with Crippen LogP contribution < -0.4 is 5.32 Å². The van der Waals surface area contributed by atoms with Crippen molar-refractivity contribution in [2.24, 2.45) is 0 Å². The molecule has 1 heterocycles. The normalized spacial score (nSPS) is 11.5. The third-order valence-corrected chi connectivity index (χ3v) is 6.52. The third kappa shape index (κ3) is 5.21. The van der Waals surface area contributed by atoms with Gasteiger partial charge in [0.15, 0.2) is 11.3 Å². The fraction of sp³-hybridized carbons (Fsp3) is 0.333. The van der Waals surface area contributed by atoms with Gasteiger partial charge in [-0.15, -0.1) is 0 Å². The highest BCUT2D eigenvalue weighted by Gasteiger charge is 2.24. The number of anilines is 1. The van der Waals surface area contributed by atoms with E-state index in [1.54, 1.807) is 32.9 Å². The summed E-state index contributed by atoms with van der Waals surface area (Å²) < 4.78 is 37.1. The molecule has 0 unspecified atom stereocenters. The predicted molar refractivity (Wildman–Crippen MR) is 107 cm³/mol. The van der Waals surface area contributed by atoms with Gasteiger partial charge >= 0.3 is 5.97 Å². The van der Waals surface area contributed by atoms with E-state index in [1.165, 1.54) is 22.5 Å². The van der Waals surface area contributed by atoms with Crippen LogP contribution in [0.15, 0.2) is 44.3 Å². The molecule has 0 saturated heterocycles. The standard InChI is InChI=1S/C18H21BrN2O6S/c1-4-21(5-2)28(24,25)15-10-13(7-6-12(15)3)20-17(22)11-26-18(23)14-8-9-16(19)27-14/h6-10H,4-5,11H2,1-3H3,(H,20,22). The van der Waals surface area contributed by atoms with Crippen LogP contribution in [0.2, 0.25) is 0 Å². The lowest BCUT2D eigenvalue weighted by atomic mass is 10.2. The van der Waals surface area contributed by atoms with Gasteiger partial charge in [0.25, 0.3) is 5.91 Å². The average Bonchev–Trinajstić information content (AvgIpc) is 3.08. The summed E-state index contributed by atoms with van der Waals surface area (Å²) >= 11 is 3.07. The molecular weight excluding hydrogens is 452 g/mol. The maximum Gasteiger partial charge on any atom is 0.374 e. The summed E-state index contributed by atoms with van der Waals surface area (Å²) in [7, 11) is -3.67. The van der Waals surface area contributed by atoms with Crippen molar-refractivity contribution in [3.05, 3.63) is 46.3 Å². The number of carbonyl (C=O) groups is 2. The minimum atomic E-state index is -3.67. The fourth-order valence-corrected chi connectivity index (χ4v) is 4.50. The van der Waals surface area contributed by atoms with Crippen LogP contribution in [0.1, 0.15) is 30.0 Å². The Balaban J connectivity index is 2.08. The van der Waals surface area contributed by atoms with Crippen LogP contribution in [-0.2, 0) is 19.6 Å². The molecule has 0 aliphatic heterocycles. The summed E-state index contributed by atoms with van der Waals surface area (Å²) in [4.78, 5) is 24.0. The molecule has 0 spiro atoms. The lowest BCUT2D eigenvalue weighted by Gasteiger charge is -2.20. The lowest BCUT2D eigenvalue weighted by molar-refractivity contribution is -0.119. The van der Waals surface area contributed by atoms with Gasteiger partial charge in [-0.2, -0.15) is 4.31 Å². The van der Waals surface area contributed by atoms with Crippen LogP contribution in [-0.4, -0.2) is 44.3 Å². The number of amides is 1. The molecule has 1 amide bonds. The van der Waals surface area contributed by atoms with Crippen LogP contribution in [0, 0.1) is 6.92 Å². The van der Waals surface area contributed by atoms with Gasteiger partial charge in [-0.25, -0.2) is 13.2 Å². The molecule has 2 rings (SSSR count). The van der Waals surface area contributed by atoms with Crippen molar-refractivity contribution >= 4 is 43.5 Å². The Morgan fingerprint density at radius 2 is 1.86 bits per heavy atom. The van der Waals surface area contributed by atoms with Crippen LogP contribution in [0.4, 0.5) is 5.69 Å².